The normalized spacial score (nSPS) is 14.9. The molecule has 1 aliphatic heterocycles. The first-order valence-electron chi connectivity index (χ1n) is 9.57. The van der Waals surface area contributed by atoms with Crippen molar-refractivity contribution in [3.63, 3.8) is 0 Å². The molecule has 0 unspecified atom stereocenters. The number of hydrogen-bond acceptors (Lipinski definition) is 4. The topological polar surface area (TPSA) is 44.8 Å². The molecule has 3 rings (SSSR count). The lowest BCUT2D eigenvalue weighted by molar-refractivity contribution is -0.116. The SMILES string of the molecule is COc1ccc(/C=C\C(=O)NCCN2CCN(c3ccc(F)cc3)CC2)cc1F. The summed E-state index contributed by atoms with van der Waals surface area (Å²) in [6, 6.07) is 11.1. The molecule has 1 N–H and O–H groups in total. The van der Waals surface area contributed by atoms with Crippen LogP contribution in [0.15, 0.2) is 48.5 Å². The molecule has 0 saturated carbocycles. The Bertz CT molecular complexity index is 848. The molecule has 2 aromatic carbocycles. The highest BCUT2D eigenvalue weighted by Crippen LogP contribution is 2.18. The quantitative estimate of drug-likeness (QED) is 0.725. The Morgan fingerprint density at radius 3 is 2.48 bits per heavy atom. The summed E-state index contributed by atoms with van der Waals surface area (Å²) in [4.78, 5) is 16.5. The maximum absolute atomic E-state index is 13.7. The lowest BCUT2D eigenvalue weighted by atomic mass is 10.2. The fraction of sp³-hybridized carbons (Fsp3) is 0.318. The van der Waals surface area contributed by atoms with Crippen molar-refractivity contribution in [2.24, 2.45) is 0 Å². The minimum Gasteiger partial charge on any atom is -0.494 e. The van der Waals surface area contributed by atoms with Crippen LogP contribution in [-0.2, 0) is 4.79 Å². The maximum Gasteiger partial charge on any atom is 0.244 e. The van der Waals surface area contributed by atoms with Crippen molar-refractivity contribution in [2.75, 3.05) is 51.3 Å². The molecule has 154 valence electrons. The zero-order valence-electron chi connectivity index (χ0n) is 16.4. The van der Waals surface area contributed by atoms with E-state index >= 15 is 0 Å². The fourth-order valence-corrected chi connectivity index (χ4v) is 3.24. The average Bonchev–Trinajstić information content (AvgIpc) is 2.73. The van der Waals surface area contributed by atoms with Gasteiger partial charge in [0.05, 0.1) is 7.11 Å². The highest BCUT2D eigenvalue weighted by atomic mass is 19.1. The summed E-state index contributed by atoms with van der Waals surface area (Å²) in [7, 11) is 1.41. The van der Waals surface area contributed by atoms with E-state index in [0.29, 0.717) is 12.1 Å². The van der Waals surface area contributed by atoms with Crippen LogP contribution in [0, 0.1) is 11.6 Å². The first kappa shape index (κ1) is 20.8. The molecule has 1 saturated heterocycles. The van der Waals surface area contributed by atoms with Gasteiger partial charge < -0.3 is 15.0 Å². The van der Waals surface area contributed by atoms with Crippen molar-refractivity contribution < 1.29 is 18.3 Å². The number of amides is 1. The molecule has 7 heteroatoms. The molecule has 0 spiro atoms. The van der Waals surface area contributed by atoms with E-state index in [4.69, 9.17) is 4.74 Å². The van der Waals surface area contributed by atoms with Crippen LogP contribution < -0.4 is 15.0 Å². The summed E-state index contributed by atoms with van der Waals surface area (Å²) >= 11 is 0. The van der Waals surface area contributed by atoms with Crippen molar-refractivity contribution in [2.45, 2.75) is 0 Å². The first-order valence-corrected chi connectivity index (χ1v) is 9.57. The second kappa shape index (κ2) is 10.0. The van der Waals surface area contributed by atoms with Crippen molar-refractivity contribution in [3.05, 3.63) is 65.7 Å². The number of carbonyl (C=O) groups is 1. The Morgan fingerprint density at radius 2 is 1.83 bits per heavy atom. The Hall–Kier alpha value is -2.93. The Labute approximate surface area is 169 Å². The first-order chi connectivity index (χ1) is 14.0. The number of ether oxygens (including phenoxy) is 1. The molecule has 0 atom stereocenters. The minimum absolute atomic E-state index is 0.172. The van der Waals surface area contributed by atoms with Gasteiger partial charge in [0.15, 0.2) is 11.6 Å². The molecule has 0 aromatic heterocycles. The third kappa shape index (κ3) is 6.02. The number of nitrogens with one attached hydrogen (secondary N) is 1. The predicted octanol–water partition coefficient (Wildman–Crippen LogP) is 2.93. The standard InChI is InChI=1S/C22H25F2N3O2/c1-29-21-8-2-17(16-20(21)24)3-9-22(28)25-10-11-26-12-14-27(15-13-26)19-6-4-18(23)5-7-19/h2-9,16H,10-15H2,1H3,(H,25,28)/b9-3-. The maximum atomic E-state index is 13.7. The van der Waals surface area contributed by atoms with Crippen LogP contribution in [0.5, 0.6) is 5.75 Å². The Kier molecular flexibility index (Phi) is 7.19. The number of benzene rings is 2. The van der Waals surface area contributed by atoms with Crippen molar-refractivity contribution in [1.29, 1.82) is 0 Å². The van der Waals surface area contributed by atoms with Gasteiger partial charge in [-0.2, -0.15) is 0 Å². The zero-order chi connectivity index (χ0) is 20.6. The monoisotopic (exact) mass is 401 g/mol. The highest BCUT2D eigenvalue weighted by Gasteiger charge is 2.16. The smallest absolute Gasteiger partial charge is 0.244 e. The molecule has 29 heavy (non-hydrogen) atoms. The van der Waals surface area contributed by atoms with Crippen molar-refractivity contribution >= 4 is 17.7 Å². The van der Waals surface area contributed by atoms with Crippen LogP contribution in [0.2, 0.25) is 0 Å². The number of methoxy groups -OCH3 is 1. The van der Waals surface area contributed by atoms with Gasteiger partial charge >= 0.3 is 0 Å². The molecule has 2 aromatic rings. The van der Waals surface area contributed by atoms with E-state index in [1.807, 2.05) is 0 Å². The molecule has 1 amide bonds. The average molecular weight is 401 g/mol. The summed E-state index contributed by atoms with van der Waals surface area (Å²) in [5, 5.41) is 2.85. The van der Waals surface area contributed by atoms with Crippen LogP contribution in [-0.4, -0.2) is 57.2 Å². The number of anilines is 1. The van der Waals surface area contributed by atoms with Crippen LogP contribution in [0.4, 0.5) is 14.5 Å². The van der Waals surface area contributed by atoms with Gasteiger partial charge in [-0.3, -0.25) is 9.69 Å². The van der Waals surface area contributed by atoms with Crippen molar-refractivity contribution in [1.82, 2.24) is 10.2 Å². The number of halogens is 2. The third-order valence-corrected chi connectivity index (χ3v) is 4.89. The molecular formula is C22H25F2N3O2. The molecule has 0 bridgehead atoms. The predicted molar refractivity (Wildman–Crippen MR) is 110 cm³/mol. The van der Waals surface area contributed by atoms with Crippen LogP contribution in [0.1, 0.15) is 5.56 Å². The van der Waals surface area contributed by atoms with Crippen LogP contribution >= 0.6 is 0 Å². The van der Waals surface area contributed by atoms with Gasteiger partial charge in [-0.05, 0) is 48.0 Å². The number of hydrogen-bond donors (Lipinski definition) is 1. The van der Waals surface area contributed by atoms with E-state index in [0.717, 1.165) is 38.4 Å². The van der Waals surface area contributed by atoms with Crippen molar-refractivity contribution in [3.8, 4) is 5.75 Å². The minimum atomic E-state index is -0.463. The van der Waals surface area contributed by atoms with Gasteiger partial charge in [0.1, 0.15) is 5.82 Å². The van der Waals surface area contributed by atoms with Gasteiger partial charge in [0.2, 0.25) is 5.91 Å². The van der Waals surface area contributed by atoms with E-state index in [1.165, 1.54) is 37.5 Å². The van der Waals surface area contributed by atoms with E-state index in [9.17, 15) is 13.6 Å². The van der Waals surface area contributed by atoms with Crippen LogP contribution in [0.3, 0.4) is 0 Å². The molecule has 1 aliphatic rings. The number of nitrogens with zero attached hydrogens (tertiary/aromatic N) is 2. The van der Waals surface area contributed by atoms with Gasteiger partial charge in [-0.1, -0.05) is 6.07 Å². The summed E-state index contributed by atoms with van der Waals surface area (Å²) in [6.45, 7) is 4.79. The summed E-state index contributed by atoms with van der Waals surface area (Å²) in [5.74, 6) is -0.735. The lowest BCUT2D eigenvalue weighted by Crippen LogP contribution is -2.48. The van der Waals surface area contributed by atoms with Gasteiger partial charge in [-0.25, -0.2) is 8.78 Å². The third-order valence-electron chi connectivity index (χ3n) is 4.89. The molecule has 0 aliphatic carbocycles. The molecule has 1 heterocycles. The molecule has 0 radical (unpaired) electrons. The largest absolute Gasteiger partial charge is 0.494 e. The van der Waals surface area contributed by atoms with E-state index in [2.05, 4.69) is 15.1 Å². The van der Waals surface area contributed by atoms with Gasteiger partial charge in [0, 0.05) is 51.0 Å². The molecular weight excluding hydrogens is 376 g/mol. The fourth-order valence-electron chi connectivity index (χ4n) is 3.24. The Balaban J connectivity index is 1.37. The van der Waals surface area contributed by atoms with E-state index in [1.54, 1.807) is 24.3 Å². The second-order valence-corrected chi connectivity index (χ2v) is 6.82. The van der Waals surface area contributed by atoms with E-state index < -0.39 is 5.82 Å². The summed E-state index contributed by atoms with van der Waals surface area (Å²) in [5.41, 5.74) is 1.62. The number of piperazine rings is 1. The Morgan fingerprint density at radius 1 is 1.10 bits per heavy atom. The highest BCUT2D eigenvalue weighted by molar-refractivity contribution is 5.91. The molecule has 5 nitrogen and oxygen atoms in total. The second-order valence-electron chi connectivity index (χ2n) is 6.82. The number of carbonyl (C=O) groups excluding carboxylic acids is 1. The van der Waals surface area contributed by atoms with E-state index in [-0.39, 0.29) is 17.5 Å². The zero-order valence-corrected chi connectivity index (χ0v) is 16.4. The summed E-state index contributed by atoms with van der Waals surface area (Å²) in [6.07, 6.45) is 2.97. The number of rotatable bonds is 7. The lowest BCUT2D eigenvalue weighted by Gasteiger charge is -2.36. The molecule has 1 fully saturated rings. The van der Waals surface area contributed by atoms with Gasteiger partial charge in [-0.15, -0.1) is 0 Å². The van der Waals surface area contributed by atoms with Gasteiger partial charge in [0.25, 0.3) is 0 Å². The summed E-state index contributed by atoms with van der Waals surface area (Å²) < 4.78 is 31.6. The van der Waals surface area contributed by atoms with Crippen LogP contribution in [0.25, 0.3) is 6.08 Å².